The summed E-state index contributed by atoms with van der Waals surface area (Å²) >= 11 is 0. The molecule has 1 N–H and O–H groups in total. The van der Waals surface area contributed by atoms with Gasteiger partial charge < -0.3 is 10.0 Å². The number of likely N-dealkylation sites (N-methyl/N-ethyl adjacent to an activating group) is 1. The van der Waals surface area contributed by atoms with Crippen LogP contribution >= 0.6 is 0 Å². The molecular weight excluding hydrogens is 202 g/mol. The van der Waals surface area contributed by atoms with Crippen molar-refractivity contribution in [2.24, 2.45) is 0 Å². The zero-order valence-electron chi connectivity index (χ0n) is 9.31. The van der Waals surface area contributed by atoms with Crippen molar-refractivity contribution >= 4 is 11.6 Å². The van der Waals surface area contributed by atoms with Gasteiger partial charge in [-0.05, 0) is 42.2 Å². The number of hydrogen-bond donors (Lipinski definition) is 1. The van der Waals surface area contributed by atoms with Gasteiger partial charge in [-0.15, -0.1) is 0 Å². The Bertz CT molecular complexity index is 440. The van der Waals surface area contributed by atoms with Crippen LogP contribution in [0.25, 0.3) is 0 Å². The molecule has 0 aliphatic heterocycles. The molecule has 0 spiro atoms. The monoisotopic (exact) mass is 217 g/mol. The minimum Gasteiger partial charge on any atom is -0.388 e. The smallest absolute Gasteiger partial charge is 0.250 e. The number of benzene rings is 1. The van der Waals surface area contributed by atoms with Crippen molar-refractivity contribution in [1.82, 2.24) is 0 Å². The summed E-state index contributed by atoms with van der Waals surface area (Å²) in [5.74, 6) is -0.126. The molecule has 1 atom stereocenters. The van der Waals surface area contributed by atoms with E-state index < -0.39 is 0 Å². The fraction of sp³-hybridized carbons (Fsp3) is 0.308. The van der Waals surface area contributed by atoms with E-state index in [4.69, 9.17) is 0 Å². The summed E-state index contributed by atoms with van der Waals surface area (Å²) in [6.07, 6.45) is 2.60. The first-order chi connectivity index (χ1) is 7.63. The van der Waals surface area contributed by atoms with E-state index in [0.29, 0.717) is 0 Å². The van der Waals surface area contributed by atoms with Crippen LogP contribution < -0.4 is 4.90 Å². The maximum atomic E-state index is 11.4. The fourth-order valence-corrected chi connectivity index (χ4v) is 2.05. The second-order valence-corrected chi connectivity index (χ2v) is 4.04. The van der Waals surface area contributed by atoms with E-state index in [1.54, 1.807) is 11.9 Å². The lowest BCUT2D eigenvalue weighted by atomic mass is 10.1. The maximum Gasteiger partial charge on any atom is 0.250 e. The van der Waals surface area contributed by atoms with Gasteiger partial charge in [0.1, 0.15) is 0 Å². The molecule has 0 fully saturated rings. The molecule has 3 heteroatoms. The molecule has 3 nitrogen and oxygen atoms in total. The average Bonchev–Trinajstić information content (AvgIpc) is 2.68. The SMILES string of the molecule is C=CC(=O)N(C)c1ccc2c(c1)CCC2O. The van der Waals surface area contributed by atoms with Crippen molar-refractivity contribution in [2.45, 2.75) is 18.9 Å². The fourth-order valence-electron chi connectivity index (χ4n) is 2.05. The molecule has 0 bridgehead atoms. The minimum absolute atomic E-state index is 0.126. The van der Waals surface area contributed by atoms with E-state index in [2.05, 4.69) is 6.58 Å². The summed E-state index contributed by atoms with van der Waals surface area (Å²) in [6, 6.07) is 5.72. The number of hydrogen-bond acceptors (Lipinski definition) is 2. The third-order valence-corrected chi connectivity index (χ3v) is 3.07. The van der Waals surface area contributed by atoms with Crippen LogP contribution in [0, 0.1) is 0 Å². The van der Waals surface area contributed by atoms with E-state index in [-0.39, 0.29) is 12.0 Å². The first-order valence-electron chi connectivity index (χ1n) is 5.34. The van der Waals surface area contributed by atoms with Crippen LogP contribution in [0.2, 0.25) is 0 Å². The number of nitrogens with zero attached hydrogens (tertiary/aromatic N) is 1. The highest BCUT2D eigenvalue weighted by atomic mass is 16.3. The number of carbonyl (C=O) groups excluding carboxylic acids is 1. The Morgan fingerprint density at radius 3 is 3.06 bits per heavy atom. The Balaban J connectivity index is 2.32. The van der Waals surface area contributed by atoms with Gasteiger partial charge in [0.2, 0.25) is 5.91 Å². The number of rotatable bonds is 2. The molecule has 1 unspecified atom stereocenters. The molecule has 0 radical (unpaired) electrons. The topological polar surface area (TPSA) is 40.5 Å². The maximum absolute atomic E-state index is 11.4. The van der Waals surface area contributed by atoms with Gasteiger partial charge >= 0.3 is 0 Å². The second kappa shape index (κ2) is 4.10. The van der Waals surface area contributed by atoms with Crippen molar-refractivity contribution in [1.29, 1.82) is 0 Å². The summed E-state index contributed by atoms with van der Waals surface area (Å²) in [6.45, 7) is 3.46. The number of anilines is 1. The molecule has 0 saturated heterocycles. The number of amides is 1. The zero-order chi connectivity index (χ0) is 11.7. The molecule has 0 saturated carbocycles. The van der Waals surface area contributed by atoms with Gasteiger partial charge in [-0.25, -0.2) is 0 Å². The van der Waals surface area contributed by atoms with Crippen molar-refractivity contribution in [2.75, 3.05) is 11.9 Å². The molecular formula is C13H15NO2. The third kappa shape index (κ3) is 1.74. The first-order valence-corrected chi connectivity index (χ1v) is 5.34. The van der Waals surface area contributed by atoms with Gasteiger partial charge in [0, 0.05) is 12.7 Å². The predicted molar refractivity (Wildman–Crippen MR) is 63.3 cm³/mol. The van der Waals surface area contributed by atoms with E-state index >= 15 is 0 Å². The number of aliphatic hydroxyl groups excluding tert-OH is 1. The molecule has 0 aromatic heterocycles. The van der Waals surface area contributed by atoms with Gasteiger partial charge in [-0.2, -0.15) is 0 Å². The van der Waals surface area contributed by atoms with Gasteiger partial charge in [-0.3, -0.25) is 4.79 Å². The summed E-state index contributed by atoms with van der Waals surface area (Å²) in [4.78, 5) is 13.0. The van der Waals surface area contributed by atoms with E-state index in [0.717, 1.165) is 29.7 Å². The van der Waals surface area contributed by atoms with Crippen LogP contribution in [0.4, 0.5) is 5.69 Å². The largest absolute Gasteiger partial charge is 0.388 e. The van der Waals surface area contributed by atoms with Gasteiger partial charge in [0.15, 0.2) is 0 Å². The van der Waals surface area contributed by atoms with Crippen molar-refractivity contribution in [3.05, 3.63) is 42.0 Å². The van der Waals surface area contributed by atoms with Gasteiger partial charge in [0.05, 0.1) is 6.10 Å². The van der Waals surface area contributed by atoms with E-state index in [1.165, 1.54) is 6.08 Å². The minimum atomic E-state index is -0.343. The van der Waals surface area contributed by atoms with Crippen LogP contribution in [-0.2, 0) is 11.2 Å². The molecule has 1 amide bonds. The number of fused-ring (bicyclic) bond motifs is 1. The normalized spacial score (nSPS) is 18.0. The van der Waals surface area contributed by atoms with Crippen LogP contribution in [-0.4, -0.2) is 18.1 Å². The molecule has 1 aliphatic rings. The van der Waals surface area contributed by atoms with Crippen molar-refractivity contribution in [3.8, 4) is 0 Å². The van der Waals surface area contributed by atoms with Crippen molar-refractivity contribution < 1.29 is 9.90 Å². The number of carbonyl (C=O) groups is 1. The Morgan fingerprint density at radius 1 is 1.62 bits per heavy atom. The molecule has 16 heavy (non-hydrogen) atoms. The molecule has 84 valence electrons. The predicted octanol–water partition coefficient (Wildman–Crippen LogP) is 1.81. The molecule has 1 aliphatic carbocycles. The Labute approximate surface area is 95.0 Å². The summed E-state index contributed by atoms with van der Waals surface area (Å²) in [7, 11) is 1.72. The standard InChI is InChI=1S/C13H15NO2/c1-3-13(16)14(2)10-5-6-11-9(8-10)4-7-12(11)15/h3,5-6,8,12,15H,1,4,7H2,2H3. The zero-order valence-corrected chi connectivity index (χ0v) is 9.31. The summed E-state index contributed by atoms with van der Waals surface area (Å²) in [5, 5.41) is 9.67. The average molecular weight is 217 g/mol. The van der Waals surface area contributed by atoms with Crippen LogP contribution in [0.15, 0.2) is 30.9 Å². The van der Waals surface area contributed by atoms with E-state index in [1.807, 2.05) is 18.2 Å². The molecule has 2 rings (SSSR count). The van der Waals surface area contributed by atoms with Crippen LogP contribution in [0.3, 0.4) is 0 Å². The lowest BCUT2D eigenvalue weighted by Crippen LogP contribution is -2.23. The van der Waals surface area contributed by atoms with Gasteiger partial charge in [-0.1, -0.05) is 12.6 Å². The molecule has 1 aromatic rings. The first kappa shape index (κ1) is 10.9. The highest BCUT2D eigenvalue weighted by Gasteiger charge is 2.21. The summed E-state index contributed by atoms with van der Waals surface area (Å²) < 4.78 is 0. The third-order valence-electron chi connectivity index (χ3n) is 3.07. The lowest BCUT2D eigenvalue weighted by molar-refractivity contribution is -0.113. The van der Waals surface area contributed by atoms with Crippen LogP contribution in [0.5, 0.6) is 0 Å². The highest BCUT2D eigenvalue weighted by molar-refractivity contribution is 6.00. The quantitative estimate of drug-likeness (QED) is 0.767. The van der Waals surface area contributed by atoms with Crippen molar-refractivity contribution in [3.63, 3.8) is 0 Å². The number of aryl methyl sites for hydroxylation is 1. The molecule has 1 aromatic carbocycles. The second-order valence-electron chi connectivity index (χ2n) is 4.04. The number of aliphatic hydroxyl groups is 1. The summed E-state index contributed by atoms with van der Waals surface area (Å²) in [5.41, 5.74) is 2.97. The highest BCUT2D eigenvalue weighted by Crippen LogP contribution is 2.33. The Kier molecular flexibility index (Phi) is 2.79. The Hall–Kier alpha value is -1.61. The van der Waals surface area contributed by atoms with E-state index in [9.17, 15) is 9.90 Å². The lowest BCUT2D eigenvalue weighted by Gasteiger charge is -2.16. The van der Waals surface area contributed by atoms with Crippen LogP contribution in [0.1, 0.15) is 23.7 Å². The van der Waals surface area contributed by atoms with Gasteiger partial charge in [0.25, 0.3) is 0 Å². The Morgan fingerprint density at radius 2 is 2.38 bits per heavy atom. The molecule has 0 heterocycles.